The van der Waals surface area contributed by atoms with E-state index in [1.54, 1.807) is 12.1 Å². The lowest BCUT2D eigenvalue weighted by molar-refractivity contribution is 0.492. The van der Waals surface area contributed by atoms with Crippen LogP contribution in [0.15, 0.2) is 47.4 Å². The van der Waals surface area contributed by atoms with Crippen molar-refractivity contribution in [2.75, 3.05) is 6.26 Å². The van der Waals surface area contributed by atoms with E-state index in [2.05, 4.69) is 5.32 Å². The van der Waals surface area contributed by atoms with Gasteiger partial charge in [0.2, 0.25) is 0 Å². The van der Waals surface area contributed by atoms with Gasteiger partial charge in [-0.3, -0.25) is 0 Å². The van der Waals surface area contributed by atoms with Crippen LogP contribution >= 0.6 is 0 Å². The van der Waals surface area contributed by atoms with Crippen molar-refractivity contribution < 1.29 is 17.2 Å². The molecule has 0 saturated heterocycles. The topological polar surface area (TPSA) is 46.2 Å². The lowest BCUT2D eigenvalue weighted by Crippen LogP contribution is -2.14. The molecule has 0 aliphatic heterocycles. The molecule has 1 N–H and O–H groups in total. The molecule has 0 spiro atoms. The second-order valence-electron chi connectivity index (χ2n) is 4.73. The first-order valence-corrected chi connectivity index (χ1v) is 8.19. The molecule has 0 fully saturated rings. The van der Waals surface area contributed by atoms with Crippen LogP contribution in [-0.4, -0.2) is 14.7 Å². The summed E-state index contributed by atoms with van der Waals surface area (Å²) in [5.41, 5.74) is 1.11. The van der Waals surface area contributed by atoms with Crippen molar-refractivity contribution >= 4 is 9.84 Å². The van der Waals surface area contributed by atoms with Gasteiger partial charge in [-0.05, 0) is 23.8 Å². The van der Waals surface area contributed by atoms with Crippen LogP contribution in [0.2, 0.25) is 0 Å². The van der Waals surface area contributed by atoms with E-state index in [0.29, 0.717) is 6.54 Å². The minimum Gasteiger partial charge on any atom is -0.309 e. The number of halogens is 2. The average Bonchev–Trinajstić information content (AvgIpc) is 2.43. The summed E-state index contributed by atoms with van der Waals surface area (Å²) in [6.07, 6.45) is 1.15. The summed E-state index contributed by atoms with van der Waals surface area (Å²) < 4.78 is 49.1. The van der Waals surface area contributed by atoms with Gasteiger partial charge in [-0.25, -0.2) is 17.2 Å². The number of sulfone groups is 1. The summed E-state index contributed by atoms with van der Waals surface area (Å²) in [5, 5.41) is 2.99. The Labute approximate surface area is 122 Å². The molecule has 3 nitrogen and oxygen atoms in total. The van der Waals surface area contributed by atoms with Crippen molar-refractivity contribution in [1.29, 1.82) is 0 Å². The van der Waals surface area contributed by atoms with Crippen LogP contribution in [0.4, 0.5) is 8.78 Å². The van der Waals surface area contributed by atoms with Gasteiger partial charge in [-0.2, -0.15) is 0 Å². The third-order valence-corrected chi connectivity index (χ3v) is 4.16. The monoisotopic (exact) mass is 311 g/mol. The standard InChI is InChI=1S/C15H15F2NO2S/c1-21(19,20)13-7-5-11(6-8-13)9-18-10-12-3-2-4-14(16)15(12)17/h2-8,18H,9-10H2,1H3. The predicted octanol–water partition coefficient (Wildman–Crippen LogP) is 2.66. The highest BCUT2D eigenvalue weighted by Crippen LogP contribution is 2.12. The van der Waals surface area contributed by atoms with Gasteiger partial charge in [0, 0.05) is 24.9 Å². The highest BCUT2D eigenvalue weighted by molar-refractivity contribution is 7.90. The molecule has 0 aliphatic carbocycles. The van der Waals surface area contributed by atoms with Gasteiger partial charge < -0.3 is 5.32 Å². The fourth-order valence-electron chi connectivity index (χ4n) is 1.88. The highest BCUT2D eigenvalue weighted by atomic mass is 32.2. The molecule has 6 heteroatoms. The molecular weight excluding hydrogens is 296 g/mol. The summed E-state index contributed by atoms with van der Waals surface area (Å²) >= 11 is 0. The molecule has 112 valence electrons. The van der Waals surface area contributed by atoms with E-state index in [0.717, 1.165) is 17.9 Å². The maximum Gasteiger partial charge on any atom is 0.175 e. The number of hydrogen-bond acceptors (Lipinski definition) is 3. The quantitative estimate of drug-likeness (QED) is 0.923. The van der Waals surface area contributed by atoms with Crippen molar-refractivity contribution in [3.8, 4) is 0 Å². The Balaban J connectivity index is 1.96. The first-order chi connectivity index (χ1) is 9.88. The second kappa shape index (κ2) is 6.32. The first-order valence-electron chi connectivity index (χ1n) is 6.30. The molecule has 2 aromatic carbocycles. The van der Waals surface area contributed by atoms with Gasteiger partial charge in [0.1, 0.15) is 0 Å². The van der Waals surface area contributed by atoms with E-state index in [4.69, 9.17) is 0 Å². The maximum atomic E-state index is 13.4. The first kappa shape index (κ1) is 15.6. The van der Waals surface area contributed by atoms with E-state index in [1.165, 1.54) is 24.3 Å². The lowest BCUT2D eigenvalue weighted by atomic mass is 10.2. The van der Waals surface area contributed by atoms with Crippen LogP contribution in [0.25, 0.3) is 0 Å². The van der Waals surface area contributed by atoms with Crippen molar-refractivity contribution in [3.63, 3.8) is 0 Å². The Hall–Kier alpha value is -1.79. The zero-order valence-electron chi connectivity index (χ0n) is 11.4. The Morgan fingerprint density at radius 3 is 2.29 bits per heavy atom. The molecule has 0 saturated carbocycles. The molecule has 0 heterocycles. The van der Waals surface area contributed by atoms with E-state index < -0.39 is 21.5 Å². The van der Waals surface area contributed by atoms with Crippen molar-refractivity contribution in [3.05, 3.63) is 65.2 Å². The summed E-state index contributed by atoms with van der Waals surface area (Å²) in [6.45, 7) is 0.622. The van der Waals surface area contributed by atoms with Gasteiger partial charge in [0.15, 0.2) is 21.5 Å². The molecule has 0 atom stereocenters. The third-order valence-electron chi connectivity index (χ3n) is 3.03. The Morgan fingerprint density at radius 1 is 1.00 bits per heavy atom. The zero-order valence-corrected chi connectivity index (χ0v) is 12.3. The van der Waals surface area contributed by atoms with Crippen molar-refractivity contribution in [1.82, 2.24) is 5.32 Å². The van der Waals surface area contributed by atoms with Crippen molar-refractivity contribution in [2.24, 2.45) is 0 Å². The van der Waals surface area contributed by atoms with Gasteiger partial charge in [-0.15, -0.1) is 0 Å². The lowest BCUT2D eigenvalue weighted by Gasteiger charge is -2.07. The number of hydrogen-bond donors (Lipinski definition) is 1. The normalized spacial score (nSPS) is 11.6. The van der Waals surface area contributed by atoms with E-state index in [-0.39, 0.29) is 17.0 Å². The van der Waals surface area contributed by atoms with Crippen LogP contribution in [-0.2, 0) is 22.9 Å². The van der Waals surface area contributed by atoms with Crippen LogP contribution in [0.1, 0.15) is 11.1 Å². The second-order valence-corrected chi connectivity index (χ2v) is 6.75. The van der Waals surface area contributed by atoms with Gasteiger partial charge >= 0.3 is 0 Å². The molecule has 0 amide bonds. The number of nitrogens with one attached hydrogen (secondary N) is 1. The highest BCUT2D eigenvalue weighted by Gasteiger charge is 2.08. The van der Waals surface area contributed by atoms with E-state index in [9.17, 15) is 17.2 Å². The Bertz CT molecular complexity index is 728. The predicted molar refractivity (Wildman–Crippen MR) is 76.5 cm³/mol. The van der Waals surface area contributed by atoms with Crippen LogP contribution in [0.3, 0.4) is 0 Å². The zero-order chi connectivity index (χ0) is 15.5. The van der Waals surface area contributed by atoms with Gasteiger partial charge in [0.05, 0.1) is 4.90 Å². The molecule has 0 unspecified atom stereocenters. The SMILES string of the molecule is CS(=O)(=O)c1ccc(CNCc2cccc(F)c2F)cc1. The minimum absolute atomic E-state index is 0.192. The average molecular weight is 311 g/mol. The van der Waals surface area contributed by atoms with Crippen LogP contribution < -0.4 is 5.32 Å². The molecule has 2 rings (SSSR count). The third kappa shape index (κ3) is 4.09. The number of benzene rings is 2. The summed E-state index contributed by atoms with van der Waals surface area (Å²) in [7, 11) is -3.21. The Morgan fingerprint density at radius 2 is 1.67 bits per heavy atom. The fourth-order valence-corrected chi connectivity index (χ4v) is 2.51. The van der Waals surface area contributed by atoms with E-state index >= 15 is 0 Å². The molecule has 2 aromatic rings. The molecule has 21 heavy (non-hydrogen) atoms. The van der Waals surface area contributed by atoms with Gasteiger partial charge in [-0.1, -0.05) is 24.3 Å². The van der Waals surface area contributed by atoms with Crippen molar-refractivity contribution in [2.45, 2.75) is 18.0 Å². The maximum absolute atomic E-state index is 13.4. The summed E-state index contributed by atoms with van der Waals surface area (Å²) in [5.74, 6) is -1.72. The molecule has 0 radical (unpaired) electrons. The summed E-state index contributed by atoms with van der Waals surface area (Å²) in [6, 6.07) is 10.5. The summed E-state index contributed by atoms with van der Waals surface area (Å²) in [4.78, 5) is 0.252. The van der Waals surface area contributed by atoms with E-state index in [1.807, 2.05) is 0 Å². The van der Waals surface area contributed by atoms with Crippen LogP contribution in [0.5, 0.6) is 0 Å². The minimum atomic E-state index is -3.21. The molecular formula is C15H15F2NO2S. The largest absolute Gasteiger partial charge is 0.309 e. The Kier molecular flexibility index (Phi) is 4.69. The molecule has 0 aliphatic rings. The fraction of sp³-hybridized carbons (Fsp3) is 0.200. The van der Waals surface area contributed by atoms with Crippen LogP contribution in [0, 0.1) is 11.6 Å². The molecule has 0 aromatic heterocycles. The molecule has 0 bridgehead atoms. The van der Waals surface area contributed by atoms with Gasteiger partial charge in [0.25, 0.3) is 0 Å². The number of rotatable bonds is 5. The smallest absolute Gasteiger partial charge is 0.175 e.